The zero-order valence-corrected chi connectivity index (χ0v) is 17.9. The summed E-state index contributed by atoms with van der Waals surface area (Å²) in [4.78, 5) is 21.1. The fourth-order valence-electron chi connectivity index (χ4n) is 2.62. The average Bonchev–Trinajstić information content (AvgIpc) is 2.71. The van der Waals surface area contributed by atoms with Gasteiger partial charge in [-0.2, -0.15) is 5.10 Å². The van der Waals surface area contributed by atoms with Crippen LogP contribution in [-0.4, -0.2) is 29.2 Å². The van der Waals surface area contributed by atoms with Crippen LogP contribution in [0.4, 0.5) is 0 Å². The van der Waals surface area contributed by atoms with Crippen molar-refractivity contribution >= 4 is 23.2 Å². The molecule has 0 aliphatic heterocycles. The highest BCUT2D eigenvalue weighted by atomic mass is 16.5. The molecule has 0 unspecified atom stereocenters. The van der Waals surface area contributed by atoms with Crippen molar-refractivity contribution in [3.05, 3.63) is 59.4 Å². The fourth-order valence-corrected chi connectivity index (χ4v) is 2.62. The number of fused-ring (bicyclic) bond motifs is 1. The third kappa shape index (κ3) is 5.11. The summed E-state index contributed by atoms with van der Waals surface area (Å²) in [5.74, 6) is 0.993. The third-order valence-corrected chi connectivity index (χ3v) is 4.46. The second-order valence-electron chi connectivity index (χ2n) is 7.89. The number of methoxy groups -OCH3 is 1. The number of benzene rings is 2. The highest BCUT2D eigenvalue weighted by molar-refractivity contribution is 5.85. The Morgan fingerprint density at radius 1 is 1.10 bits per heavy atom. The van der Waals surface area contributed by atoms with Gasteiger partial charge in [0.25, 0.3) is 0 Å². The molecular formula is C23H26N4O3. The van der Waals surface area contributed by atoms with Crippen LogP contribution in [0.5, 0.6) is 11.5 Å². The van der Waals surface area contributed by atoms with E-state index in [0.29, 0.717) is 11.5 Å². The minimum absolute atomic E-state index is 0.155. The van der Waals surface area contributed by atoms with Crippen molar-refractivity contribution in [1.29, 1.82) is 0 Å². The molecule has 0 saturated carbocycles. The van der Waals surface area contributed by atoms with Gasteiger partial charge in [0.05, 0.1) is 35.7 Å². The second-order valence-corrected chi connectivity index (χ2v) is 7.89. The van der Waals surface area contributed by atoms with Crippen molar-refractivity contribution in [2.24, 2.45) is 10.5 Å². The van der Waals surface area contributed by atoms with Crippen LogP contribution >= 0.6 is 0 Å². The molecular weight excluding hydrogens is 380 g/mol. The third-order valence-electron chi connectivity index (χ3n) is 4.46. The van der Waals surface area contributed by atoms with Crippen LogP contribution < -0.4 is 14.9 Å². The first-order valence-electron chi connectivity index (χ1n) is 9.64. The molecule has 0 spiro atoms. The Bertz CT molecular complexity index is 1090. The molecule has 1 amide bonds. The van der Waals surface area contributed by atoms with E-state index in [9.17, 15) is 4.79 Å². The van der Waals surface area contributed by atoms with Crippen LogP contribution in [0.3, 0.4) is 0 Å². The number of aryl methyl sites for hydroxylation is 1. The van der Waals surface area contributed by atoms with Gasteiger partial charge in [0.2, 0.25) is 5.91 Å². The van der Waals surface area contributed by atoms with Gasteiger partial charge in [-0.05, 0) is 42.8 Å². The SMILES string of the molecule is COc1cc(/C=N/NC(=O)C(C)(C)C)ccc1OCc1nc2ccccc2nc1C. The summed E-state index contributed by atoms with van der Waals surface area (Å²) in [7, 11) is 1.57. The molecule has 7 nitrogen and oxygen atoms in total. The molecule has 2 aromatic carbocycles. The van der Waals surface area contributed by atoms with Crippen molar-refractivity contribution in [2.75, 3.05) is 7.11 Å². The lowest BCUT2D eigenvalue weighted by atomic mass is 9.96. The molecule has 0 radical (unpaired) electrons. The minimum atomic E-state index is -0.503. The number of hydrogen-bond donors (Lipinski definition) is 1. The molecule has 0 bridgehead atoms. The Morgan fingerprint density at radius 2 is 1.80 bits per heavy atom. The second kappa shape index (κ2) is 8.90. The monoisotopic (exact) mass is 406 g/mol. The highest BCUT2D eigenvalue weighted by Crippen LogP contribution is 2.28. The van der Waals surface area contributed by atoms with Crippen LogP contribution in [0.1, 0.15) is 37.7 Å². The predicted molar refractivity (Wildman–Crippen MR) is 117 cm³/mol. The zero-order chi connectivity index (χ0) is 21.7. The molecule has 156 valence electrons. The van der Waals surface area contributed by atoms with Gasteiger partial charge in [0.1, 0.15) is 6.61 Å². The summed E-state index contributed by atoms with van der Waals surface area (Å²) in [6, 6.07) is 13.2. The van der Waals surface area contributed by atoms with Crippen LogP contribution in [0.15, 0.2) is 47.6 Å². The summed E-state index contributed by atoms with van der Waals surface area (Å²) in [6.07, 6.45) is 1.56. The van der Waals surface area contributed by atoms with Gasteiger partial charge in [-0.15, -0.1) is 0 Å². The number of para-hydroxylation sites is 2. The first-order valence-corrected chi connectivity index (χ1v) is 9.64. The standard InChI is InChI=1S/C23H26N4O3/c1-15-19(26-18-9-7-6-8-17(18)25-15)14-30-20-11-10-16(12-21(20)29-5)13-24-27-22(28)23(2,3)4/h6-13H,14H2,1-5H3,(H,27,28)/b24-13+. The van der Waals surface area contributed by atoms with Gasteiger partial charge in [0, 0.05) is 5.41 Å². The van der Waals surface area contributed by atoms with Crippen molar-refractivity contribution in [3.8, 4) is 11.5 Å². The quantitative estimate of drug-likeness (QED) is 0.494. The lowest BCUT2D eigenvalue weighted by molar-refractivity contribution is -0.128. The van der Waals surface area contributed by atoms with E-state index >= 15 is 0 Å². The molecule has 30 heavy (non-hydrogen) atoms. The molecule has 0 aliphatic carbocycles. The Kier molecular flexibility index (Phi) is 6.30. The number of hydrazone groups is 1. The maximum absolute atomic E-state index is 11.9. The van der Waals surface area contributed by atoms with Gasteiger partial charge < -0.3 is 9.47 Å². The number of nitrogens with one attached hydrogen (secondary N) is 1. The zero-order valence-electron chi connectivity index (χ0n) is 17.9. The fraction of sp³-hybridized carbons (Fsp3) is 0.304. The van der Waals surface area contributed by atoms with E-state index in [1.54, 1.807) is 25.5 Å². The van der Waals surface area contributed by atoms with Crippen molar-refractivity contribution in [1.82, 2.24) is 15.4 Å². The van der Waals surface area contributed by atoms with E-state index < -0.39 is 5.41 Å². The van der Waals surface area contributed by atoms with Crippen molar-refractivity contribution < 1.29 is 14.3 Å². The number of ether oxygens (including phenoxy) is 2. The molecule has 1 aromatic heterocycles. The lowest BCUT2D eigenvalue weighted by Crippen LogP contribution is -2.31. The topological polar surface area (TPSA) is 85.7 Å². The van der Waals surface area contributed by atoms with Crippen molar-refractivity contribution in [2.45, 2.75) is 34.3 Å². The summed E-state index contributed by atoms with van der Waals surface area (Å²) in [6.45, 7) is 7.67. The smallest absolute Gasteiger partial charge is 0.245 e. The maximum Gasteiger partial charge on any atom is 0.245 e. The lowest BCUT2D eigenvalue weighted by Gasteiger charge is -2.14. The Hall–Kier alpha value is -3.48. The van der Waals surface area contributed by atoms with Crippen molar-refractivity contribution in [3.63, 3.8) is 0 Å². The van der Waals surface area contributed by atoms with Gasteiger partial charge >= 0.3 is 0 Å². The van der Waals surface area contributed by atoms with E-state index in [2.05, 4.69) is 20.5 Å². The first-order chi connectivity index (χ1) is 14.3. The first kappa shape index (κ1) is 21.2. The highest BCUT2D eigenvalue weighted by Gasteiger charge is 2.20. The number of nitrogens with zero attached hydrogens (tertiary/aromatic N) is 3. The normalized spacial score (nSPS) is 11.6. The van der Waals surface area contributed by atoms with Gasteiger partial charge in [-0.25, -0.2) is 15.4 Å². The molecule has 3 aromatic rings. The molecule has 0 aliphatic rings. The molecule has 0 atom stereocenters. The van der Waals surface area contributed by atoms with Gasteiger partial charge in [-0.3, -0.25) is 4.79 Å². The van der Waals surface area contributed by atoms with Crippen LogP contribution in [0, 0.1) is 12.3 Å². The van der Waals surface area contributed by atoms with E-state index in [0.717, 1.165) is 28.0 Å². The van der Waals surface area contributed by atoms with Crippen LogP contribution in [0.2, 0.25) is 0 Å². The summed E-state index contributed by atoms with van der Waals surface area (Å²) < 4.78 is 11.4. The van der Waals surface area contributed by atoms with Crippen LogP contribution in [-0.2, 0) is 11.4 Å². The van der Waals surface area contributed by atoms with E-state index in [1.807, 2.05) is 58.0 Å². The Labute approximate surface area is 176 Å². The summed E-state index contributed by atoms with van der Waals surface area (Å²) in [5, 5.41) is 4.01. The molecule has 1 heterocycles. The predicted octanol–water partition coefficient (Wildman–Crippen LogP) is 4.02. The van der Waals surface area contributed by atoms with E-state index in [1.165, 1.54) is 0 Å². The minimum Gasteiger partial charge on any atom is -0.493 e. The number of rotatable bonds is 6. The molecule has 7 heteroatoms. The number of carbonyl (C=O) groups is 1. The molecule has 1 N–H and O–H groups in total. The van der Waals surface area contributed by atoms with Gasteiger partial charge in [-0.1, -0.05) is 32.9 Å². The molecule has 0 fully saturated rings. The summed E-state index contributed by atoms with van der Waals surface area (Å²) >= 11 is 0. The van der Waals surface area contributed by atoms with Gasteiger partial charge in [0.15, 0.2) is 11.5 Å². The van der Waals surface area contributed by atoms with E-state index in [-0.39, 0.29) is 12.5 Å². The number of carbonyl (C=O) groups excluding carboxylic acids is 1. The Morgan fingerprint density at radius 3 is 2.47 bits per heavy atom. The largest absolute Gasteiger partial charge is 0.493 e. The van der Waals surface area contributed by atoms with E-state index in [4.69, 9.17) is 9.47 Å². The summed E-state index contributed by atoms with van der Waals surface area (Å²) in [5.41, 5.74) is 6.09. The number of amides is 1. The molecule has 0 saturated heterocycles. The molecule has 3 rings (SSSR count). The maximum atomic E-state index is 11.9. The number of aromatic nitrogens is 2. The number of hydrogen-bond acceptors (Lipinski definition) is 6. The Balaban J connectivity index is 1.71. The average molecular weight is 406 g/mol. The van der Waals surface area contributed by atoms with Crippen LogP contribution in [0.25, 0.3) is 11.0 Å².